The number of nitrogens with two attached hydrogens (primary N) is 1. The van der Waals surface area contributed by atoms with Crippen LogP contribution in [-0.4, -0.2) is 12.3 Å². The van der Waals surface area contributed by atoms with E-state index in [1.807, 2.05) is 54.4 Å². The zero-order valence-corrected chi connectivity index (χ0v) is 13.1. The molecule has 0 saturated heterocycles. The smallest absolute Gasteiger partial charge is 0.0672 e. The van der Waals surface area contributed by atoms with Crippen molar-refractivity contribution in [2.24, 2.45) is 5.10 Å². The molecule has 110 valence electrons. The number of halogens is 1. The van der Waals surface area contributed by atoms with Crippen molar-refractivity contribution in [2.75, 3.05) is 17.3 Å². The van der Waals surface area contributed by atoms with Gasteiger partial charge in [0.15, 0.2) is 0 Å². The molecule has 2 aromatic carbocycles. The van der Waals surface area contributed by atoms with E-state index < -0.39 is 0 Å². The average Bonchev–Trinajstić information content (AvgIpc) is 2.50. The second kappa shape index (κ2) is 7.14. The maximum atomic E-state index is 6.05. The molecular formula is C17H20ClN3. The van der Waals surface area contributed by atoms with Gasteiger partial charge in [0.1, 0.15) is 0 Å². The highest BCUT2D eigenvalue weighted by molar-refractivity contribution is 6.31. The molecule has 0 aliphatic heterocycles. The summed E-state index contributed by atoms with van der Waals surface area (Å²) in [6.45, 7) is 4.93. The molecule has 0 heterocycles. The van der Waals surface area contributed by atoms with Crippen LogP contribution < -0.4 is 10.7 Å². The van der Waals surface area contributed by atoms with Gasteiger partial charge in [0.2, 0.25) is 0 Å². The van der Waals surface area contributed by atoms with Crippen LogP contribution in [-0.2, 0) is 0 Å². The summed E-state index contributed by atoms with van der Waals surface area (Å²) < 4.78 is 0. The van der Waals surface area contributed by atoms with Crippen LogP contribution in [0.4, 0.5) is 11.4 Å². The third-order valence-electron chi connectivity index (χ3n) is 3.17. The second-order valence-corrected chi connectivity index (χ2v) is 5.31. The molecule has 2 aromatic rings. The fourth-order valence-electron chi connectivity index (χ4n) is 2.13. The zero-order valence-electron chi connectivity index (χ0n) is 12.4. The number of benzene rings is 2. The summed E-state index contributed by atoms with van der Waals surface area (Å²) in [5, 5.41) is 7.38. The molecule has 0 saturated carbocycles. The Morgan fingerprint density at radius 1 is 1.19 bits per heavy atom. The van der Waals surface area contributed by atoms with Crippen LogP contribution >= 0.6 is 11.6 Å². The van der Waals surface area contributed by atoms with E-state index in [1.165, 1.54) is 0 Å². The third-order valence-corrected chi connectivity index (χ3v) is 3.40. The van der Waals surface area contributed by atoms with Gasteiger partial charge in [0.25, 0.3) is 0 Å². The first-order valence-electron chi connectivity index (χ1n) is 7.05. The van der Waals surface area contributed by atoms with Crippen LogP contribution in [0.25, 0.3) is 0 Å². The molecule has 0 radical (unpaired) electrons. The standard InChI is InChI=1S/C17H20ClN3/c1-3-11-21(15-7-5-4-6-8-15)20-13(2)16-12-14(18)9-10-17(16)19/h4-10,12H,3,11,19H2,1-2H3/b20-13+. The lowest BCUT2D eigenvalue weighted by Crippen LogP contribution is -2.19. The Labute approximate surface area is 131 Å². The van der Waals surface area contributed by atoms with Crippen molar-refractivity contribution in [1.82, 2.24) is 0 Å². The molecule has 2 rings (SSSR count). The minimum absolute atomic E-state index is 0.663. The summed E-state index contributed by atoms with van der Waals surface area (Å²) in [6.07, 6.45) is 1.01. The Morgan fingerprint density at radius 3 is 2.57 bits per heavy atom. The zero-order chi connectivity index (χ0) is 15.2. The number of hydrogen-bond donors (Lipinski definition) is 1. The van der Waals surface area contributed by atoms with E-state index in [9.17, 15) is 0 Å². The van der Waals surface area contributed by atoms with Gasteiger partial charge in [0, 0.05) is 22.8 Å². The van der Waals surface area contributed by atoms with Gasteiger partial charge in [-0.05, 0) is 43.7 Å². The van der Waals surface area contributed by atoms with Crippen molar-refractivity contribution in [3.63, 3.8) is 0 Å². The maximum absolute atomic E-state index is 6.05. The predicted molar refractivity (Wildman–Crippen MR) is 92.2 cm³/mol. The van der Waals surface area contributed by atoms with Gasteiger partial charge in [-0.25, -0.2) is 0 Å². The van der Waals surface area contributed by atoms with Crippen LogP contribution in [0.2, 0.25) is 5.02 Å². The lowest BCUT2D eigenvalue weighted by molar-refractivity contribution is 0.806. The van der Waals surface area contributed by atoms with Crippen LogP contribution in [0.3, 0.4) is 0 Å². The second-order valence-electron chi connectivity index (χ2n) is 4.88. The SMILES string of the molecule is CCCN(/N=C(\C)c1cc(Cl)ccc1N)c1ccccc1. The highest BCUT2D eigenvalue weighted by Gasteiger charge is 2.08. The minimum Gasteiger partial charge on any atom is -0.398 e. The maximum Gasteiger partial charge on any atom is 0.0672 e. The lowest BCUT2D eigenvalue weighted by atomic mass is 10.1. The summed E-state index contributed by atoms with van der Waals surface area (Å²) in [4.78, 5) is 0. The van der Waals surface area contributed by atoms with Gasteiger partial charge in [-0.3, -0.25) is 5.01 Å². The summed E-state index contributed by atoms with van der Waals surface area (Å²) >= 11 is 6.05. The average molecular weight is 302 g/mol. The van der Waals surface area contributed by atoms with Crippen molar-refractivity contribution in [2.45, 2.75) is 20.3 Å². The van der Waals surface area contributed by atoms with Crippen LogP contribution in [0, 0.1) is 0 Å². The van der Waals surface area contributed by atoms with E-state index in [0.29, 0.717) is 10.7 Å². The Hall–Kier alpha value is -2.00. The van der Waals surface area contributed by atoms with Crippen molar-refractivity contribution in [1.29, 1.82) is 0 Å². The summed E-state index contributed by atoms with van der Waals surface area (Å²) in [5.41, 5.74) is 9.50. The topological polar surface area (TPSA) is 41.6 Å². The van der Waals surface area contributed by atoms with Crippen LogP contribution in [0.1, 0.15) is 25.8 Å². The molecule has 0 aliphatic carbocycles. The Balaban J connectivity index is 2.35. The summed E-state index contributed by atoms with van der Waals surface area (Å²) in [7, 11) is 0. The lowest BCUT2D eigenvalue weighted by Gasteiger charge is -2.20. The number of hydrogen-bond acceptors (Lipinski definition) is 3. The minimum atomic E-state index is 0.663. The highest BCUT2D eigenvalue weighted by atomic mass is 35.5. The van der Waals surface area contributed by atoms with E-state index in [0.717, 1.165) is 29.9 Å². The summed E-state index contributed by atoms with van der Waals surface area (Å²) in [5.74, 6) is 0. The van der Waals surface area contributed by atoms with Gasteiger partial charge in [-0.1, -0.05) is 36.7 Å². The normalized spacial score (nSPS) is 11.5. The van der Waals surface area contributed by atoms with E-state index in [-0.39, 0.29) is 0 Å². The van der Waals surface area contributed by atoms with Crippen molar-refractivity contribution >= 4 is 28.7 Å². The molecular weight excluding hydrogens is 282 g/mol. The highest BCUT2D eigenvalue weighted by Crippen LogP contribution is 2.20. The molecule has 21 heavy (non-hydrogen) atoms. The monoisotopic (exact) mass is 301 g/mol. The van der Waals surface area contributed by atoms with Gasteiger partial charge >= 0.3 is 0 Å². The Kier molecular flexibility index (Phi) is 5.23. The number of nitrogens with zero attached hydrogens (tertiary/aromatic N) is 2. The molecule has 3 nitrogen and oxygen atoms in total. The molecule has 0 aromatic heterocycles. The predicted octanol–water partition coefficient (Wildman–Crippen LogP) is 4.56. The largest absolute Gasteiger partial charge is 0.398 e. The quantitative estimate of drug-likeness (QED) is 0.499. The van der Waals surface area contributed by atoms with Crippen LogP contribution in [0.5, 0.6) is 0 Å². The molecule has 0 amide bonds. The Bertz CT molecular complexity index is 623. The third kappa shape index (κ3) is 3.99. The fraction of sp³-hybridized carbons (Fsp3) is 0.235. The molecule has 4 heteroatoms. The van der Waals surface area contributed by atoms with Crippen LogP contribution in [0.15, 0.2) is 53.6 Å². The first-order chi connectivity index (χ1) is 10.1. The Morgan fingerprint density at radius 2 is 1.90 bits per heavy atom. The van der Waals surface area contributed by atoms with E-state index in [1.54, 1.807) is 6.07 Å². The fourth-order valence-corrected chi connectivity index (χ4v) is 2.30. The first kappa shape index (κ1) is 15.4. The van der Waals surface area contributed by atoms with E-state index in [2.05, 4.69) is 6.92 Å². The molecule has 2 N–H and O–H groups in total. The van der Waals surface area contributed by atoms with Gasteiger partial charge in [-0.15, -0.1) is 0 Å². The summed E-state index contributed by atoms with van der Waals surface area (Å²) in [6, 6.07) is 15.6. The molecule has 0 fully saturated rings. The van der Waals surface area contributed by atoms with E-state index in [4.69, 9.17) is 22.4 Å². The molecule has 0 bridgehead atoms. The molecule has 0 atom stereocenters. The number of anilines is 2. The van der Waals surface area contributed by atoms with Crippen molar-refractivity contribution < 1.29 is 0 Å². The van der Waals surface area contributed by atoms with E-state index >= 15 is 0 Å². The first-order valence-corrected chi connectivity index (χ1v) is 7.42. The number of para-hydroxylation sites is 1. The number of hydrazone groups is 1. The molecule has 0 aliphatic rings. The molecule has 0 unspecified atom stereocenters. The van der Waals surface area contributed by atoms with Gasteiger partial charge in [0.05, 0.1) is 11.4 Å². The van der Waals surface area contributed by atoms with Gasteiger partial charge < -0.3 is 5.73 Å². The van der Waals surface area contributed by atoms with Gasteiger partial charge in [-0.2, -0.15) is 5.10 Å². The molecule has 0 spiro atoms. The number of rotatable bonds is 5. The number of nitrogen functional groups attached to an aromatic ring is 1. The van der Waals surface area contributed by atoms with Crippen molar-refractivity contribution in [3.05, 3.63) is 59.1 Å². The van der Waals surface area contributed by atoms with Crippen molar-refractivity contribution in [3.8, 4) is 0 Å².